The quantitative estimate of drug-likeness (QED) is 0.878. The highest BCUT2D eigenvalue weighted by molar-refractivity contribution is 6.30. The molecule has 0 bridgehead atoms. The van der Waals surface area contributed by atoms with Crippen molar-refractivity contribution in [2.24, 2.45) is 13.0 Å². The summed E-state index contributed by atoms with van der Waals surface area (Å²) < 4.78 is 7.42. The molecular formula is C15H26ClN3O. The van der Waals surface area contributed by atoms with Gasteiger partial charge in [-0.1, -0.05) is 18.5 Å². The van der Waals surface area contributed by atoms with Crippen LogP contribution in [-0.2, 0) is 18.2 Å². The zero-order valence-electron chi connectivity index (χ0n) is 12.8. The number of nitrogens with zero attached hydrogens (tertiary/aromatic N) is 2. The van der Waals surface area contributed by atoms with Gasteiger partial charge in [-0.05, 0) is 45.1 Å². The fourth-order valence-corrected chi connectivity index (χ4v) is 3.20. The summed E-state index contributed by atoms with van der Waals surface area (Å²) in [6, 6.07) is 0.427. The first-order chi connectivity index (χ1) is 9.63. The summed E-state index contributed by atoms with van der Waals surface area (Å²) in [6.07, 6.45) is 4.48. The minimum Gasteiger partial charge on any atom is -0.381 e. The highest BCUT2D eigenvalue weighted by Gasteiger charge is 2.26. The topological polar surface area (TPSA) is 39.1 Å². The van der Waals surface area contributed by atoms with Gasteiger partial charge in [-0.3, -0.25) is 4.68 Å². The van der Waals surface area contributed by atoms with E-state index in [0.717, 1.165) is 49.9 Å². The summed E-state index contributed by atoms with van der Waals surface area (Å²) in [5, 5.41) is 8.86. The van der Waals surface area contributed by atoms with Crippen LogP contribution in [0.1, 0.15) is 37.4 Å². The monoisotopic (exact) mass is 299 g/mol. The van der Waals surface area contributed by atoms with E-state index in [0.29, 0.717) is 12.0 Å². The van der Waals surface area contributed by atoms with Gasteiger partial charge < -0.3 is 10.1 Å². The van der Waals surface area contributed by atoms with Crippen molar-refractivity contribution in [1.82, 2.24) is 15.1 Å². The van der Waals surface area contributed by atoms with E-state index in [4.69, 9.17) is 16.3 Å². The summed E-state index contributed by atoms with van der Waals surface area (Å²) >= 11 is 6.37. The van der Waals surface area contributed by atoms with Gasteiger partial charge in [0.1, 0.15) is 5.15 Å². The minimum absolute atomic E-state index is 0.427. The third-order valence-electron chi connectivity index (χ3n) is 4.11. The minimum atomic E-state index is 0.427. The van der Waals surface area contributed by atoms with Crippen molar-refractivity contribution in [3.05, 3.63) is 16.4 Å². The molecule has 2 unspecified atom stereocenters. The van der Waals surface area contributed by atoms with Crippen molar-refractivity contribution >= 4 is 11.6 Å². The van der Waals surface area contributed by atoms with E-state index in [-0.39, 0.29) is 0 Å². The molecule has 4 nitrogen and oxygen atoms in total. The van der Waals surface area contributed by atoms with Crippen molar-refractivity contribution in [3.8, 4) is 0 Å². The number of aromatic nitrogens is 2. The van der Waals surface area contributed by atoms with E-state index < -0.39 is 0 Å². The summed E-state index contributed by atoms with van der Waals surface area (Å²) in [7, 11) is 1.90. The zero-order valence-corrected chi connectivity index (χ0v) is 13.5. The maximum Gasteiger partial charge on any atom is 0.130 e. The maximum absolute atomic E-state index is 6.37. The third kappa shape index (κ3) is 3.74. The van der Waals surface area contributed by atoms with Gasteiger partial charge in [0.05, 0.1) is 12.3 Å². The van der Waals surface area contributed by atoms with Gasteiger partial charge in [-0.25, -0.2) is 0 Å². The standard InChI is InChI=1S/C15H26ClN3O/c1-4-7-17-14(12-6-5-8-20-10-12)9-13-11(2)18-19(3)15(13)16/h12,14,17H,4-10H2,1-3H3. The van der Waals surface area contributed by atoms with Crippen LogP contribution in [0.3, 0.4) is 0 Å². The van der Waals surface area contributed by atoms with E-state index in [9.17, 15) is 0 Å². The maximum atomic E-state index is 6.37. The summed E-state index contributed by atoms with van der Waals surface area (Å²) in [5.74, 6) is 0.575. The van der Waals surface area contributed by atoms with Crippen LogP contribution in [0.5, 0.6) is 0 Å². The van der Waals surface area contributed by atoms with Gasteiger partial charge in [0, 0.05) is 25.3 Å². The molecule has 2 rings (SSSR count). The summed E-state index contributed by atoms with van der Waals surface area (Å²) in [5.41, 5.74) is 2.21. The Balaban J connectivity index is 2.09. The number of nitrogens with one attached hydrogen (secondary N) is 1. The predicted octanol–water partition coefficient (Wildman–Crippen LogP) is 2.72. The molecule has 1 aromatic heterocycles. The molecule has 0 radical (unpaired) electrons. The molecule has 1 aliphatic heterocycles. The Morgan fingerprint density at radius 1 is 1.55 bits per heavy atom. The fraction of sp³-hybridized carbons (Fsp3) is 0.800. The van der Waals surface area contributed by atoms with Crippen molar-refractivity contribution in [1.29, 1.82) is 0 Å². The predicted molar refractivity (Wildman–Crippen MR) is 82.3 cm³/mol. The number of hydrogen-bond acceptors (Lipinski definition) is 3. The van der Waals surface area contributed by atoms with Gasteiger partial charge >= 0.3 is 0 Å². The molecule has 0 spiro atoms. The largest absolute Gasteiger partial charge is 0.381 e. The Bertz CT molecular complexity index is 427. The van der Waals surface area contributed by atoms with Crippen molar-refractivity contribution in [2.45, 2.75) is 45.6 Å². The lowest BCUT2D eigenvalue weighted by molar-refractivity contribution is 0.0393. The van der Waals surface area contributed by atoms with Gasteiger partial charge in [0.2, 0.25) is 0 Å². The molecule has 1 saturated heterocycles. The highest BCUT2D eigenvalue weighted by Crippen LogP contribution is 2.25. The lowest BCUT2D eigenvalue weighted by atomic mass is 9.89. The Kier molecular flexibility index (Phi) is 5.87. The SMILES string of the molecule is CCCNC(Cc1c(C)nn(C)c1Cl)C1CCCOC1. The molecule has 0 saturated carbocycles. The second kappa shape index (κ2) is 7.43. The molecule has 2 atom stereocenters. The summed E-state index contributed by atoms with van der Waals surface area (Å²) in [6.45, 7) is 7.04. The summed E-state index contributed by atoms with van der Waals surface area (Å²) in [4.78, 5) is 0. The Hall–Kier alpha value is -0.580. The molecular weight excluding hydrogens is 274 g/mol. The number of halogens is 1. The molecule has 5 heteroatoms. The second-order valence-electron chi connectivity index (χ2n) is 5.72. The number of rotatable bonds is 6. The molecule has 0 amide bonds. The van der Waals surface area contributed by atoms with Crippen LogP contribution in [0.15, 0.2) is 0 Å². The van der Waals surface area contributed by atoms with Crippen LogP contribution >= 0.6 is 11.6 Å². The molecule has 20 heavy (non-hydrogen) atoms. The molecule has 0 aromatic carbocycles. The number of ether oxygens (including phenoxy) is 1. The van der Waals surface area contributed by atoms with Gasteiger partial charge in [-0.15, -0.1) is 0 Å². The average molecular weight is 300 g/mol. The molecule has 2 heterocycles. The van der Waals surface area contributed by atoms with E-state index in [1.165, 1.54) is 12.0 Å². The number of hydrogen-bond donors (Lipinski definition) is 1. The van der Waals surface area contributed by atoms with Crippen LogP contribution in [0.4, 0.5) is 0 Å². The van der Waals surface area contributed by atoms with Crippen LogP contribution < -0.4 is 5.32 Å². The lowest BCUT2D eigenvalue weighted by Gasteiger charge is -2.31. The van der Waals surface area contributed by atoms with Crippen LogP contribution in [0.25, 0.3) is 0 Å². The van der Waals surface area contributed by atoms with Crippen LogP contribution in [0.2, 0.25) is 5.15 Å². The first kappa shape index (κ1) is 15.8. The molecule has 1 N–H and O–H groups in total. The molecule has 1 fully saturated rings. The van der Waals surface area contributed by atoms with Crippen molar-refractivity contribution < 1.29 is 4.74 Å². The molecule has 1 aliphatic rings. The molecule has 1 aromatic rings. The van der Waals surface area contributed by atoms with Gasteiger partial charge in [0.15, 0.2) is 0 Å². The zero-order chi connectivity index (χ0) is 14.5. The normalized spacial score (nSPS) is 21.1. The first-order valence-corrected chi connectivity index (χ1v) is 8.00. The molecule has 0 aliphatic carbocycles. The van der Waals surface area contributed by atoms with Gasteiger partial charge in [0.25, 0.3) is 0 Å². The van der Waals surface area contributed by atoms with E-state index >= 15 is 0 Å². The highest BCUT2D eigenvalue weighted by atomic mass is 35.5. The van der Waals surface area contributed by atoms with Crippen LogP contribution in [0, 0.1) is 12.8 Å². The van der Waals surface area contributed by atoms with Crippen molar-refractivity contribution in [2.75, 3.05) is 19.8 Å². The first-order valence-electron chi connectivity index (χ1n) is 7.62. The fourth-order valence-electron chi connectivity index (χ4n) is 2.94. The van der Waals surface area contributed by atoms with Crippen LogP contribution in [-0.4, -0.2) is 35.6 Å². The number of aryl methyl sites for hydroxylation is 2. The Labute approximate surface area is 126 Å². The Morgan fingerprint density at radius 3 is 2.90 bits per heavy atom. The van der Waals surface area contributed by atoms with E-state index in [1.807, 2.05) is 14.0 Å². The van der Waals surface area contributed by atoms with E-state index in [2.05, 4.69) is 17.3 Å². The lowest BCUT2D eigenvalue weighted by Crippen LogP contribution is -2.42. The second-order valence-corrected chi connectivity index (χ2v) is 6.08. The van der Waals surface area contributed by atoms with Crippen molar-refractivity contribution in [3.63, 3.8) is 0 Å². The third-order valence-corrected chi connectivity index (χ3v) is 4.59. The van der Waals surface area contributed by atoms with Gasteiger partial charge in [-0.2, -0.15) is 5.10 Å². The Morgan fingerprint density at radius 2 is 2.35 bits per heavy atom. The molecule has 114 valence electrons. The van der Waals surface area contributed by atoms with E-state index in [1.54, 1.807) is 4.68 Å². The smallest absolute Gasteiger partial charge is 0.130 e. The average Bonchev–Trinajstić information content (AvgIpc) is 2.70.